The quantitative estimate of drug-likeness (QED) is 0.756. The zero-order chi connectivity index (χ0) is 14.0. The van der Waals surface area contributed by atoms with E-state index in [2.05, 4.69) is 58.0 Å². The van der Waals surface area contributed by atoms with Gasteiger partial charge in [-0.3, -0.25) is 10.2 Å². The molecule has 0 aromatic carbocycles. The summed E-state index contributed by atoms with van der Waals surface area (Å²) in [4.78, 5) is 2.34. The first-order valence-electron chi connectivity index (χ1n) is 7.17. The van der Waals surface area contributed by atoms with Crippen LogP contribution in [0.3, 0.4) is 0 Å². The van der Waals surface area contributed by atoms with Crippen LogP contribution in [0.25, 0.3) is 0 Å². The lowest BCUT2D eigenvalue weighted by molar-refractivity contribution is 0.109. The van der Waals surface area contributed by atoms with Crippen LogP contribution in [0.1, 0.15) is 53.9 Å². The van der Waals surface area contributed by atoms with E-state index < -0.39 is 0 Å². The molecule has 1 fully saturated rings. The molecule has 0 aromatic rings. The average molecular weight is 251 g/mol. The molecule has 1 saturated carbocycles. The van der Waals surface area contributed by atoms with Crippen molar-refractivity contribution in [2.24, 2.45) is 5.92 Å². The van der Waals surface area contributed by atoms with Gasteiger partial charge in [0.1, 0.15) is 5.54 Å². The third-order valence-corrected chi connectivity index (χ3v) is 4.41. The van der Waals surface area contributed by atoms with Gasteiger partial charge in [0, 0.05) is 18.1 Å². The summed E-state index contributed by atoms with van der Waals surface area (Å²) in [7, 11) is 2.14. The fourth-order valence-corrected chi connectivity index (χ4v) is 2.40. The third-order valence-electron chi connectivity index (χ3n) is 4.41. The maximum Gasteiger partial charge on any atom is 0.122 e. The van der Waals surface area contributed by atoms with Crippen LogP contribution >= 0.6 is 0 Å². The van der Waals surface area contributed by atoms with Gasteiger partial charge in [0.15, 0.2) is 0 Å². The van der Waals surface area contributed by atoms with Crippen LogP contribution in [0.15, 0.2) is 0 Å². The molecule has 1 aliphatic rings. The van der Waals surface area contributed by atoms with Crippen molar-refractivity contribution in [3.05, 3.63) is 0 Å². The first-order valence-corrected chi connectivity index (χ1v) is 7.17. The Morgan fingerprint density at radius 3 is 2.28 bits per heavy atom. The molecule has 0 aromatic heterocycles. The van der Waals surface area contributed by atoms with Crippen LogP contribution in [0.2, 0.25) is 0 Å². The molecule has 0 heterocycles. The Morgan fingerprint density at radius 2 is 1.94 bits per heavy atom. The maximum absolute atomic E-state index is 9.68. The summed E-state index contributed by atoms with van der Waals surface area (Å²) < 4.78 is 0. The fraction of sp³-hybridized carbons (Fsp3) is 0.933. The second kappa shape index (κ2) is 5.59. The highest BCUT2D eigenvalue weighted by atomic mass is 15.2. The van der Waals surface area contributed by atoms with Gasteiger partial charge < -0.3 is 0 Å². The van der Waals surface area contributed by atoms with Crippen molar-refractivity contribution >= 4 is 0 Å². The van der Waals surface area contributed by atoms with Gasteiger partial charge in [0.2, 0.25) is 0 Å². The summed E-state index contributed by atoms with van der Waals surface area (Å²) >= 11 is 0. The van der Waals surface area contributed by atoms with E-state index in [-0.39, 0.29) is 11.1 Å². The number of rotatable bonds is 7. The minimum atomic E-state index is -0.366. The molecule has 1 aliphatic carbocycles. The fourth-order valence-electron chi connectivity index (χ4n) is 2.40. The van der Waals surface area contributed by atoms with Gasteiger partial charge in [0.05, 0.1) is 6.07 Å². The minimum absolute atomic E-state index is 0.148. The number of hydrogen-bond donors (Lipinski definition) is 1. The summed E-state index contributed by atoms with van der Waals surface area (Å²) in [6.07, 6.45) is 3.47. The number of nitrogens with one attached hydrogen (secondary N) is 1. The van der Waals surface area contributed by atoms with Gasteiger partial charge in [-0.2, -0.15) is 5.26 Å². The molecule has 0 bridgehead atoms. The monoisotopic (exact) mass is 251 g/mol. The maximum atomic E-state index is 9.68. The van der Waals surface area contributed by atoms with E-state index in [1.165, 1.54) is 12.8 Å². The highest BCUT2D eigenvalue weighted by Crippen LogP contribution is 2.41. The lowest BCUT2D eigenvalue weighted by Gasteiger charge is -2.41. The van der Waals surface area contributed by atoms with Crippen molar-refractivity contribution in [2.75, 3.05) is 13.6 Å². The Hall–Kier alpha value is -0.590. The first-order chi connectivity index (χ1) is 8.27. The van der Waals surface area contributed by atoms with E-state index in [9.17, 15) is 5.26 Å². The predicted molar refractivity (Wildman–Crippen MR) is 76.3 cm³/mol. The Labute approximate surface area is 113 Å². The standard InChI is InChI=1S/C15H29N3/c1-7-14(4,5)18(6)11-15(10-16,13-8-9-13)17-12(2)3/h12-13,17H,7-9,11H2,1-6H3. The molecular formula is C15H29N3. The number of nitrogens with zero attached hydrogens (tertiary/aromatic N) is 2. The first kappa shape index (κ1) is 15.5. The highest BCUT2D eigenvalue weighted by Gasteiger charge is 2.47. The second-order valence-electron chi connectivity index (χ2n) is 6.68. The minimum Gasteiger partial charge on any atom is -0.298 e. The van der Waals surface area contributed by atoms with Crippen LogP contribution < -0.4 is 5.32 Å². The molecule has 0 amide bonds. The molecule has 3 heteroatoms. The van der Waals surface area contributed by atoms with Gasteiger partial charge in [-0.15, -0.1) is 0 Å². The molecule has 1 unspecified atom stereocenters. The molecule has 1 rings (SSSR count). The zero-order valence-electron chi connectivity index (χ0n) is 12.9. The largest absolute Gasteiger partial charge is 0.298 e. The van der Waals surface area contributed by atoms with E-state index in [4.69, 9.17) is 0 Å². The van der Waals surface area contributed by atoms with Gasteiger partial charge >= 0.3 is 0 Å². The predicted octanol–water partition coefficient (Wildman–Crippen LogP) is 2.78. The van der Waals surface area contributed by atoms with E-state index in [0.29, 0.717) is 12.0 Å². The number of hydrogen-bond acceptors (Lipinski definition) is 3. The van der Waals surface area contributed by atoms with Crippen molar-refractivity contribution in [2.45, 2.75) is 71.0 Å². The van der Waals surface area contributed by atoms with Gasteiger partial charge in [-0.05, 0) is 59.9 Å². The molecule has 18 heavy (non-hydrogen) atoms. The number of likely N-dealkylation sites (N-methyl/N-ethyl adjacent to an activating group) is 1. The molecular weight excluding hydrogens is 222 g/mol. The lowest BCUT2D eigenvalue weighted by atomic mass is 9.90. The molecule has 3 nitrogen and oxygen atoms in total. The van der Waals surface area contributed by atoms with Crippen molar-refractivity contribution in [1.82, 2.24) is 10.2 Å². The Morgan fingerprint density at radius 1 is 1.39 bits per heavy atom. The average Bonchev–Trinajstić information content (AvgIpc) is 3.11. The summed E-state index contributed by atoms with van der Waals surface area (Å²) in [5, 5.41) is 13.2. The van der Waals surface area contributed by atoms with Crippen LogP contribution in [0.4, 0.5) is 0 Å². The van der Waals surface area contributed by atoms with Crippen molar-refractivity contribution in [1.29, 1.82) is 5.26 Å². The van der Waals surface area contributed by atoms with Crippen LogP contribution in [0, 0.1) is 17.2 Å². The third kappa shape index (κ3) is 3.46. The van der Waals surface area contributed by atoms with E-state index in [0.717, 1.165) is 13.0 Å². The Balaban J connectivity index is 2.82. The molecule has 1 N–H and O–H groups in total. The topological polar surface area (TPSA) is 39.1 Å². The second-order valence-corrected chi connectivity index (χ2v) is 6.68. The summed E-state index contributed by atoms with van der Waals surface area (Å²) in [5.74, 6) is 0.528. The summed E-state index contributed by atoms with van der Waals surface area (Å²) in [6.45, 7) is 11.8. The van der Waals surface area contributed by atoms with E-state index in [1.54, 1.807) is 0 Å². The van der Waals surface area contributed by atoms with Crippen LogP contribution in [-0.4, -0.2) is 35.6 Å². The summed E-state index contributed by atoms with van der Waals surface area (Å²) in [5.41, 5.74) is -0.217. The van der Waals surface area contributed by atoms with E-state index in [1.807, 2.05) is 0 Å². The molecule has 0 aliphatic heterocycles. The van der Waals surface area contributed by atoms with Gasteiger partial charge in [0.25, 0.3) is 0 Å². The lowest BCUT2D eigenvalue weighted by Crippen LogP contribution is -2.59. The van der Waals surface area contributed by atoms with Crippen molar-refractivity contribution in [3.8, 4) is 6.07 Å². The highest BCUT2D eigenvalue weighted by molar-refractivity contribution is 5.17. The Kier molecular flexibility index (Phi) is 4.80. The molecule has 1 atom stereocenters. The molecule has 104 valence electrons. The normalized spacial score (nSPS) is 19.9. The molecule has 0 saturated heterocycles. The smallest absolute Gasteiger partial charge is 0.122 e. The number of nitriles is 1. The van der Waals surface area contributed by atoms with Crippen LogP contribution in [-0.2, 0) is 0 Å². The van der Waals surface area contributed by atoms with Crippen LogP contribution in [0.5, 0.6) is 0 Å². The van der Waals surface area contributed by atoms with Crippen molar-refractivity contribution in [3.63, 3.8) is 0 Å². The SMILES string of the molecule is CCC(C)(C)N(C)CC(C#N)(NC(C)C)C1CC1. The molecule has 0 spiro atoms. The molecule has 0 radical (unpaired) electrons. The Bertz CT molecular complexity index is 312. The van der Waals surface area contributed by atoms with Crippen molar-refractivity contribution < 1.29 is 0 Å². The van der Waals surface area contributed by atoms with Gasteiger partial charge in [-0.1, -0.05) is 6.92 Å². The van der Waals surface area contributed by atoms with E-state index >= 15 is 0 Å². The van der Waals surface area contributed by atoms with Gasteiger partial charge in [-0.25, -0.2) is 0 Å². The summed E-state index contributed by atoms with van der Waals surface area (Å²) in [6, 6.07) is 2.93. The zero-order valence-corrected chi connectivity index (χ0v) is 12.9.